The van der Waals surface area contributed by atoms with Gasteiger partial charge in [-0.1, -0.05) is 38.1 Å². The number of halogens is 2. The summed E-state index contributed by atoms with van der Waals surface area (Å²) in [7, 11) is 1.74. The number of benzene rings is 2. The molecule has 20 heavy (non-hydrogen) atoms. The molecule has 106 valence electrons. The first-order valence-corrected chi connectivity index (χ1v) is 6.75. The molecule has 2 aromatic carbocycles. The lowest BCUT2D eigenvalue weighted by Gasteiger charge is -2.19. The minimum atomic E-state index is -0.430. The molecular formula is C17H19F2N. The van der Waals surface area contributed by atoms with Crippen LogP contribution in [0.25, 0.3) is 0 Å². The Balaban J connectivity index is 2.39. The van der Waals surface area contributed by atoms with E-state index in [1.165, 1.54) is 11.6 Å². The monoisotopic (exact) mass is 275 g/mol. The molecular weight excluding hydrogens is 256 g/mol. The predicted octanol–water partition coefficient (Wildman–Crippen LogP) is 4.40. The van der Waals surface area contributed by atoms with E-state index in [0.29, 0.717) is 11.5 Å². The first-order valence-electron chi connectivity index (χ1n) is 6.75. The van der Waals surface area contributed by atoms with Gasteiger partial charge < -0.3 is 5.32 Å². The second kappa shape index (κ2) is 6.14. The molecule has 0 fully saturated rings. The first kappa shape index (κ1) is 14.7. The zero-order valence-electron chi connectivity index (χ0n) is 12.0. The zero-order chi connectivity index (χ0) is 14.7. The summed E-state index contributed by atoms with van der Waals surface area (Å²) in [5.74, 6) is -0.387. The normalized spacial score (nSPS) is 12.7. The Morgan fingerprint density at radius 2 is 1.50 bits per heavy atom. The quantitative estimate of drug-likeness (QED) is 0.872. The molecule has 0 aliphatic heterocycles. The molecule has 3 heteroatoms. The lowest BCUT2D eigenvalue weighted by atomic mass is 9.95. The Kier molecular flexibility index (Phi) is 4.50. The van der Waals surface area contributed by atoms with Gasteiger partial charge in [-0.15, -0.1) is 0 Å². The average Bonchev–Trinajstić information content (AvgIpc) is 2.44. The van der Waals surface area contributed by atoms with Gasteiger partial charge in [-0.2, -0.15) is 0 Å². The summed E-state index contributed by atoms with van der Waals surface area (Å²) in [4.78, 5) is 0. The zero-order valence-corrected chi connectivity index (χ0v) is 12.0. The van der Waals surface area contributed by atoms with Gasteiger partial charge in [0.1, 0.15) is 11.6 Å². The van der Waals surface area contributed by atoms with Crippen molar-refractivity contribution in [2.75, 3.05) is 7.05 Å². The Hall–Kier alpha value is -1.74. The van der Waals surface area contributed by atoms with Crippen LogP contribution in [0.1, 0.15) is 42.5 Å². The lowest BCUT2D eigenvalue weighted by molar-refractivity contribution is 0.558. The van der Waals surface area contributed by atoms with Crippen molar-refractivity contribution < 1.29 is 8.78 Å². The summed E-state index contributed by atoms with van der Waals surface area (Å²) in [6.45, 7) is 4.24. The van der Waals surface area contributed by atoms with Crippen LogP contribution in [0.5, 0.6) is 0 Å². The molecule has 0 aliphatic rings. The van der Waals surface area contributed by atoms with Crippen LogP contribution in [-0.2, 0) is 0 Å². The van der Waals surface area contributed by atoms with Crippen LogP contribution in [0, 0.1) is 11.6 Å². The van der Waals surface area contributed by atoms with Gasteiger partial charge in [0.15, 0.2) is 0 Å². The van der Waals surface area contributed by atoms with Gasteiger partial charge in [0.2, 0.25) is 0 Å². The Labute approximate surface area is 118 Å². The van der Waals surface area contributed by atoms with E-state index in [0.717, 1.165) is 17.7 Å². The van der Waals surface area contributed by atoms with Gasteiger partial charge in [0.05, 0.1) is 6.04 Å². The molecule has 1 atom stereocenters. The third-order valence-corrected chi connectivity index (χ3v) is 3.49. The Morgan fingerprint density at radius 3 is 2.05 bits per heavy atom. The third kappa shape index (κ3) is 3.05. The van der Waals surface area contributed by atoms with Crippen molar-refractivity contribution in [2.45, 2.75) is 25.8 Å². The minimum Gasteiger partial charge on any atom is -0.309 e. The molecule has 0 heterocycles. The maximum atomic E-state index is 13.9. The Morgan fingerprint density at radius 1 is 0.900 bits per heavy atom. The van der Waals surface area contributed by atoms with Crippen molar-refractivity contribution >= 4 is 0 Å². The molecule has 1 unspecified atom stereocenters. The molecule has 0 bridgehead atoms. The highest BCUT2D eigenvalue weighted by Gasteiger charge is 2.17. The highest BCUT2D eigenvalue weighted by Crippen LogP contribution is 2.26. The van der Waals surface area contributed by atoms with Crippen molar-refractivity contribution in [3.8, 4) is 0 Å². The van der Waals surface area contributed by atoms with Crippen LogP contribution in [-0.4, -0.2) is 7.05 Å². The van der Waals surface area contributed by atoms with Crippen molar-refractivity contribution in [2.24, 2.45) is 0 Å². The molecule has 1 N–H and O–H groups in total. The van der Waals surface area contributed by atoms with E-state index < -0.39 is 11.6 Å². The maximum Gasteiger partial charge on any atom is 0.128 e. The van der Waals surface area contributed by atoms with Gasteiger partial charge in [-0.3, -0.25) is 0 Å². The van der Waals surface area contributed by atoms with Crippen LogP contribution in [0.15, 0.2) is 42.5 Å². The van der Waals surface area contributed by atoms with Gasteiger partial charge >= 0.3 is 0 Å². The molecule has 2 aromatic rings. The van der Waals surface area contributed by atoms with Crippen molar-refractivity contribution in [1.82, 2.24) is 5.32 Å². The molecule has 0 saturated heterocycles. The van der Waals surface area contributed by atoms with E-state index in [2.05, 4.69) is 19.2 Å². The highest BCUT2D eigenvalue weighted by atomic mass is 19.1. The number of hydrogen-bond acceptors (Lipinski definition) is 1. The SMILES string of the molecule is CNC(c1ccc(C(C)C)cc1)c1cc(F)ccc1F. The van der Waals surface area contributed by atoms with Gasteiger partial charge in [-0.05, 0) is 42.3 Å². The number of rotatable bonds is 4. The minimum absolute atomic E-state index is 0.324. The largest absolute Gasteiger partial charge is 0.309 e. The average molecular weight is 275 g/mol. The number of nitrogens with one attached hydrogen (secondary N) is 1. The van der Waals surface area contributed by atoms with Gasteiger partial charge in [0, 0.05) is 5.56 Å². The van der Waals surface area contributed by atoms with Gasteiger partial charge in [0.25, 0.3) is 0 Å². The van der Waals surface area contributed by atoms with Crippen LogP contribution >= 0.6 is 0 Å². The molecule has 0 amide bonds. The molecule has 0 aromatic heterocycles. The van der Waals surface area contributed by atoms with E-state index in [-0.39, 0.29) is 6.04 Å². The molecule has 0 radical (unpaired) electrons. The van der Waals surface area contributed by atoms with Crippen LogP contribution < -0.4 is 5.32 Å². The van der Waals surface area contributed by atoms with Crippen molar-refractivity contribution in [3.63, 3.8) is 0 Å². The van der Waals surface area contributed by atoms with Crippen molar-refractivity contribution in [1.29, 1.82) is 0 Å². The fourth-order valence-electron chi connectivity index (χ4n) is 2.31. The standard InChI is InChI=1S/C17H19F2N/c1-11(2)12-4-6-13(7-5-12)17(20-3)15-10-14(18)8-9-16(15)19/h4-11,17,20H,1-3H3. The van der Waals surface area contributed by atoms with Gasteiger partial charge in [-0.25, -0.2) is 8.78 Å². The summed E-state index contributed by atoms with van der Waals surface area (Å²) < 4.78 is 27.2. The highest BCUT2D eigenvalue weighted by molar-refractivity contribution is 5.35. The second-order valence-corrected chi connectivity index (χ2v) is 5.21. The van der Waals surface area contributed by atoms with Crippen molar-refractivity contribution in [3.05, 3.63) is 70.8 Å². The fraction of sp³-hybridized carbons (Fsp3) is 0.294. The first-order chi connectivity index (χ1) is 9.52. The molecule has 0 saturated carbocycles. The lowest BCUT2D eigenvalue weighted by Crippen LogP contribution is -2.19. The molecule has 0 spiro atoms. The fourth-order valence-corrected chi connectivity index (χ4v) is 2.31. The number of hydrogen-bond donors (Lipinski definition) is 1. The molecule has 2 rings (SSSR count). The van der Waals surface area contributed by atoms with Crippen LogP contribution in [0.4, 0.5) is 8.78 Å². The topological polar surface area (TPSA) is 12.0 Å². The predicted molar refractivity (Wildman–Crippen MR) is 77.8 cm³/mol. The summed E-state index contributed by atoms with van der Waals surface area (Å²) >= 11 is 0. The maximum absolute atomic E-state index is 13.9. The van der Waals surface area contributed by atoms with Crippen LogP contribution in [0.3, 0.4) is 0 Å². The summed E-state index contributed by atoms with van der Waals surface area (Å²) in [6, 6.07) is 11.2. The molecule has 1 nitrogen and oxygen atoms in total. The van der Waals surface area contributed by atoms with E-state index in [1.807, 2.05) is 24.3 Å². The second-order valence-electron chi connectivity index (χ2n) is 5.21. The van der Waals surface area contributed by atoms with Crippen LogP contribution in [0.2, 0.25) is 0 Å². The van der Waals surface area contributed by atoms with E-state index in [9.17, 15) is 8.78 Å². The Bertz CT molecular complexity index is 576. The smallest absolute Gasteiger partial charge is 0.128 e. The summed E-state index contributed by atoms with van der Waals surface area (Å²) in [5.41, 5.74) is 2.47. The third-order valence-electron chi connectivity index (χ3n) is 3.49. The summed E-state index contributed by atoms with van der Waals surface area (Å²) in [6.07, 6.45) is 0. The van der Waals surface area contributed by atoms with E-state index in [4.69, 9.17) is 0 Å². The van der Waals surface area contributed by atoms with E-state index in [1.54, 1.807) is 7.05 Å². The summed E-state index contributed by atoms with van der Waals surface area (Å²) in [5, 5.41) is 3.04. The molecule has 0 aliphatic carbocycles. The van der Waals surface area contributed by atoms with E-state index >= 15 is 0 Å².